The van der Waals surface area contributed by atoms with E-state index in [9.17, 15) is 13.2 Å². The van der Waals surface area contributed by atoms with Gasteiger partial charge >= 0.3 is 5.69 Å². The van der Waals surface area contributed by atoms with Crippen molar-refractivity contribution in [1.82, 2.24) is 29.7 Å². The summed E-state index contributed by atoms with van der Waals surface area (Å²) in [5, 5.41) is 8.53. The quantitative estimate of drug-likeness (QED) is 0.350. The molecule has 0 unspecified atom stereocenters. The molecule has 11 nitrogen and oxygen atoms in total. The Hall–Kier alpha value is -4.19. The van der Waals surface area contributed by atoms with E-state index < -0.39 is 10.0 Å². The standard InChI is InChI=1S/C21H20N8O3S/c1-28(33(2,31)32)20-13(4-3-7-22-20)12-29-18-9-19(23-10-14(18)11-24-29)25-15-5-6-16-17(8-15)27-21(30)26-16/h3-11H,12H2,1-2H3,(H,23,25)(H2,26,27,30). The van der Waals surface area contributed by atoms with E-state index in [0.29, 0.717) is 29.3 Å². The third-order valence-corrected chi connectivity index (χ3v) is 6.47. The molecule has 5 aromatic rings. The molecule has 3 N–H and O–H groups in total. The van der Waals surface area contributed by atoms with E-state index >= 15 is 0 Å². The largest absolute Gasteiger partial charge is 0.340 e. The van der Waals surface area contributed by atoms with Gasteiger partial charge in [0.2, 0.25) is 10.0 Å². The van der Waals surface area contributed by atoms with Gasteiger partial charge in [0.1, 0.15) is 11.6 Å². The number of aromatic amines is 2. The van der Waals surface area contributed by atoms with Crippen LogP contribution in [0.1, 0.15) is 5.56 Å². The molecule has 12 heteroatoms. The summed E-state index contributed by atoms with van der Waals surface area (Å²) in [6.45, 7) is 0.326. The summed E-state index contributed by atoms with van der Waals surface area (Å²) in [6.07, 6.45) is 6.12. The maximum absolute atomic E-state index is 12.0. The van der Waals surface area contributed by atoms with E-state index in [1.54, 1.807) is 35.4 Å². The number of pyridine rings is 2. The average molecular weight is 465 g/mol. The second-order valence-corrected chi connectivity index (χ2v) is 9.63. The number of hydrogen-bond donors (Lipinski definition) is 3. The number of nitrogens with one attached hydrogen (secondary N) is 3. The Bertz CT molecular complexity index is 1650. The molecule has 4 heterocycles. The Kier molecular flexibility index (Phi) is 4.86. The first-order chi connectivity index (χ1) is 15.8. The molecule has 0 atom stereocenters. The third-order valence-electron chi connectivity index (χ3n) is 5.30. The first-order valence-electron chi connectivity index (χ1n) is 9.96. The predicted molar refractivity (Wildman–Crippen MR) is 126 cm³/mol. The minimum atomic E-state index is -3.46. The normalized spacial score (nSPS) is 11.8. The fraction of sp³-hybridized carbons (Fsp3) is 0.143. The van der Waals surface area contributed by atoms with E-state index in [1.165, 1.54) is 7.05 Å². The van der Waals surface area contributed by atoms with Crippen LogP contribution in [0.5, 0.6) is 0 Å². The molecular formula is C21H20N8O3S. The van der Waals surface area contributed by atoms with Gasteiger partial charge < -0.3 is 15.3 Å². The highest BCUT2D eigenvalue weighted by molar-refractivity contribution is 7.92. The number of aromatic nitrogens is 6. The van der Waals surface area contributed by atoms with Gasteiger partial charge in [-0.2, -0.15) is 5.10 Å². The minimum Gasteiger partial charge on any atom is -0.340 e. The van der Waals surface area contributed by atoms with Gasteiger partial charge in [-0.1, -0.05) is 6.07 Å². The van der Waals surface area contributed by atoms with Crippen molar-refractivity contribution < 1.29 is 8.42 Å². The molecule has 0 aliphatic carbocycles. The zero-order chi connectivity index (χ0) is 23.2. The number of nitrogens with zero attached hydrogens (tertiary/aromatic N) is 5. The highest BCUT2D eigenvalue weighted by Gasteiger charge is 2.18. The van der Waals surface area contributed by atoms with Crippen LogP contribution in [0.3, 0.4) is 0 Å². The smallest absolute Gasteiger partial charge is 0.323 e. The lowest BCUT2D eigenvalue weighted by molar-refractivity contribution is 0.599. The van der Waals surface area contributed by atoms with Crippen molar-refractivity contribution in [2.45, 2.75) is 6.54 Å². The molecule has 33 heavy (non-hydrogen) atoms. The molecule has 4 aromatic heterocycles. The number of hydrogen-bond acceptors (Lipinski definition) is 7. The van der Waals surface area contributed by atoms with Crippen LogP contribution in [0, 0.1) is 0 Å². The Labute approximate surface area is 188 Å². The van der Waals surface area contributed by atoms with E-state index in [0.717, 1.165) is 32.7 Å². The van der Waals surface area contributed by atoms with Crippen LogP contribution < -0.4 is 15.3 Å². The topological polar surface area (TPSA) is 142 Å². The maximum Gasteiger partial charge on any atom is 0.323 e. The monoisotopic (exact) mass is 464 g/mol. The van der Waals surface area contributed by atoms with Crippen LogP contribution in [0.4, 0.5) is 17.3 Å². The van der Waals surface area contributed by atoms with Gasteiger partial charge in [-0.05, 0) is 24.3 Å². The number of sulfonamides is 1. The van der Waals surface area contributed by atoms with Gasteiger partial charge in [0.25, 0.3) is 0 Å². The maximum atomic E-state index is 12.0. The molecule has 0 aliphatic rings. The SMILES string of the molecule is CN(c1ncccc1Cn1ncc2cnc(Nc3ccc4[nH]c(=O)[nH]c4c3)cc21)S(C)(=O)=O. The fourth-order valence-electron chi connectivity index (χ4n) is 3.58. The molecule has 0 radical (unpaired) electrons. The number of benzene rings is 1. The highest BCUT2D eigenvalue weighted by atomic mass is 32.2. The third kappa shape index (κ3) is 4.03. The van der Waals surface area contributed by atoms with Crippen molar-refractivity contribution in [3.63, 3.8) is 0 Å². The molecule has 0 aliphatic heterocycles. The zero-order valence-corrected chi connectivity index (χ0v) is 18.6. The summed E-state index contributed by atoms with van der Waals surface area (Å²) in [7, 11) is -1.98. The Balaban J connectivity index is 1.47. The Morgan fingerprint density at radius 1 is 1.09 bits per heavy atom. The zero-order valence-electron chi connectivity index (χ0n) is 17.8. The van der Waals surface area contributed by atoms with Crippen LogP contribution in [-0.4, -0.2) is 51.4 Å². The van der Waals surface area contributed by atoms with Crippen molar-refractivity contribution in [3.05, 3.63) is 71.0 Å². The lowest BCUT2D eigenvalue weighted by atomic mass is 10.2. The van der Waals surface area contributed by atoms with Gasteiger partial charge in [-0.15, -0.1) is 0 Å². The van der Waals surface area contributed by atoms with Crippen molar-refractivity contribution in [3.8, 4) is 0 Å². The van der Waals surface area contributed by atoms with Crippen molar-refractivity contribution in [2.75, 3.05) is 22.9 Å². The Morgan fingerprint density at radius 3 is 2.73 bits per heavy atom. The van der Waals surface area contributed by atoms with Crippen LogP contribution in [0.25, 0.3) is 21.9 Å². The number of anilines is 3. The van der Waals surface area contributed by atoms with Gasteiger partial charge in [0, 0.05) is 42.1 Å². The average Bonchev–Trinajstić information content (AvgIpc) is 3.35. The van der Waals surface area contributed by atoms with E-state index in [4.69, 9.17) is 0 Å². The second kappa shape index (κ2) is 7.74. The summed E-state index contributed by atoms with van der Waals surface area (Å²) in [5.74, 6) is 0.950. The summed E-state index contributed by atoms with van der Waals surface area (Å²) < 4.78 is 27.0. The van der Waals surface area contributed by atoms with Gasteiger partial charge in [-0.3, -0.25) is 8.99 Å². The fourth-order valence-corrected chi connectivity index (χ4v) is 4.06. The lowest BCUT2D eigenvalue weighted by Gasteiger charge is -2.19. The predicted octanol–water partition coefficient (Wildman–Crippen LogP) is 2.18. The summed E-state index contributed by atoms with van der Waals surface area (Å²) >= 11 is 0. The van der Waals surface area contributed by atoms with Crippen molar-refractivity contribution in [2.24, 2.45) is 0 Å². The van der Waals surface area contributed by atoms with Gasteiger partial charge in [0.15, 0.2) is 0 Å². The minimum absolute atomic E-state index is 0.262. The number of fused-ring (bicyclic) bond motifs is 2. The van der Waals surface area contributed by atoms with Crippen LogP contribution in [0.15, 0.2) is 59.8 Å². The first kappa shape index (κ1) is 20.7. The summed E-state index contributed by atoms with van der Waals surface area (Å²) in [6, 6.07) is 10.9. The Morgan fingerprint density at radius 2 is 1.91 bits per heavy atom. The molecule has 5 rings (SSSR count). The molecule has 168 valence electrons. The highest BCUT2D eigenvalue weighted by Crippen LogP contribution is 2.24. The van der Waals surface area contributed by atoms with Crippen molar-refractivity contribution >= 4 is 49.3 Å². The lowest BCUT2D eigenvalue weighted by Crippen LogP contribution is -2.27. The van der Waals surface area contributed by atoms with Crippen LogP contribution in [-0.2, 0) is 16.6 Å². The molecule has 0 saturated heterocycles. The molecule has 1 aromatic carbocycles. The number of H-pyrrole nitrogens is 2. The summed E-state index contributed by atoms with van der Waals surface area (Å²) in [4.78, 5) is 25.6. The van der Waals surface area contributed by atoms with Gasteiger partial charge in [0.05, 0.1) is 35.5 Å². The summed E-state index contributed by atoms with van der Waals surface area (Å²) in [5.41, 5.74) is 3.44. The first-order valence-corrected chi connectivity index (χ1v) is 11.8. The number of imidazole rings is 1. The van der Waals surface area contributed by atoms with E-state index in [2.05, 4.69) is 30.4 Å². The molecule has 0 saturated carbocycles. The van der Waals surface area contributed by atoms with Crippen molar-refractivity contribution in [1.29, 1.82) is 0 Å². The molecule has 0 spiro atoms. The number of rotatable bonds is 6. The molecule has 0 fully saturated rings. The molecule has 0 amide bonds. The molecule has 0 bridgehead atoms. The second-order valence-electron chi connectivity index (χ2n) is 7.61. The van der Waals surface area contributed by atoms with E-state index in [1.807, 2.05) is 24.3 Å². The molecular weight excluding hydrogens is 444 g/mol. The van der Waals surface area contributed by atoms with Crippen LogP contribution in [0.2, 0.25) is 0 Å². The van der Waals surface area contributed by atoms with E-state index in [-0.39, 0.29) is 5.69 Å². The van der Waals surface area contributed by atoms with Gasteiger partial charge in [-0.25, -0.2) is 23.2 Å². The van der Waals surface area contributed by atoms with Crippen LogP contribution >= 0.6 is 0 Å².